The average Bonchev–Trinajstić information content (AvgIpc) is 2.40. The predicted molar refractivity (Wildman–Crippen MR) is 83.6 cm³/mol. The van der Waals surface area contributed by atoms with Crippen molar-refractivity contribution in [3.8, 4) is 0 Å². The quantitative estimate of drug-likeness (QED) is 0.822. The lowest BCUT2D eigenvalue weighted by Crippen LogP contribution is -2.24. The van der Waals surface area contributed by atoms with Gasteiger partial charge in [-0.1, -0.05) is 54.9 Å². The van der Waals surface area contributed by atoms with Crippen LogP contribution in [0.3, 0.4) is 0 Å². The fourth-order valence-corrected chi connectivity index (χ4v) is 2.51. The van der Waals surface area contributed by atoms with E-state index in [1.54, 1.807) is 0 Å². The Morgan fingerprint density at radius 2 is 1.79 bits per heavy atom. The minimum atomic E-state index is 0.712. The fraction of sp³-hybridized carbons (Fsp3) is 0.250. The number of para-hydroxylation sites is 1. The summed E-state index contributed by atoms with van der Waals surface area (Å²) >= 11 is 6.30. The SMILES string of the molecule is CCCN(Cc1ccccc1)c1c(N)cccc1Cl. The number of nitrogen functional groups attached to an aromatic ring is 1. The molecule has 0 bridgehead atoms. The summed E-state index contributed by atoms with van der Waals surface area (Å²) in [6.07, 6.45) is 1.05. The van der Waals surface area contributed by atoms with Gasteiger partial charge in [0.25, 0.3) is 0 Å². The van der Waals surface area contributed by atoms with Crippen LogP contribution >= 0.6 is 11.6 Å². The Labute approximate surface area is 119 Å². The molecule has 19 heavy (non-hydrogen) atoms. The fourth-order valence-electron chi connectivity index (χ4n) is 2.21. The number of benzene rings is 2. The molecule has 0 radical (unpaired) electrons. The van der Waals surface area contributed by atoms with Gasteiger partial charge in [0.2, 0.25) is 0 Å². The van der Waals surface area contributed by atoms with Crippen molar-refractivity contribution in [3.05, 3.63) is 59.1 Å². The first kappa shape index (κ1) is 13.8. The van der Waals surface area contributed by atoms with Crippen molar-refractivity contribution in [2.45, 2.75) is 19.9 Å². The van der Waals surface area contributed by atoms with Crippen molar-refractivity contribution in [1.82, 2.24) is 0 Å². The van der Waals surface area contributed by atoms with Crippen LogP contribution in [0.2, 0.25) is 5.02 Å². The van der Waals surface area contributed by atoms with Gasteiger partial charge in [0.05, 0.1) is 16.4 Å². The first-order valence-corrected chi connectivity index (χ1v) is 6.93. The van der Waals surface area contributed by atoms with Crippen LogP contribution in [-0.4, -0.2) is 6.54 Å². The molecule has 0 heterocycles. The van der Waals surface area contributed by atoms with Gasteiger partial charge >= 0.3 is 0 Å². The lowest BCUT2D eigenvalue weighted by atomic mass is 10.1. The van der Waals surface area contributed by atoms with Crippen LogP contribution in [0.5, 0.6) is 0 Å². The van der Waals surface area contributed by atoms with Gasteiger partial charge in [-0.15, -0.1) is 0 Å². The van der Waals surface area contributed by atoms with Crippen molar-refractivity contribution in [1.29, 1.82) is 0 Å². The van der Waals surface area contributed by atoms with Gasteiger partial charge in [-0.3, -0.25) is 0 Å². The molecule has 100 valence electrons. The van der Waals surface area contributed by atoms with Crippen molar-refractivity contribution in [2.24, 2.45) is 0 Å². The molecule has 0 aliphatic rings. The summed E-state index contributed by atoms with van der Waals surface area (Å²) in [7, 11) is 0. The minimum absolute atomic E-state index is 0.712. The van der Waals surface area contributed by atoms with E-state index in [1.165, 1.54) is 5.56 Å². The molecular weight excluding hydrogens is 256 g/mol. The lowest BCUT2D eigenvalue weighted by Gasteiger charge is -2.27. The van der Waals surface area contributed by atoms with E-state index >= 15 is 0 Å². The lowest BCUT2D eigenvalue weighted by molar-refractivity contribution is 0.768. The highest BCUT2D eigenvalue weighted by atomic mass is 35.5. The number of halogens is 1. The monoisotopic (exact) mass is 274 g/mol. The van der Waals surface area contributed by atoms with Gasteiger partial charge in [0.15, 0.2) is 0 Å². The summed E-state index contributed by atoms with van der Waals surface area (Å²) in [6, 6.07) is 16.0. The van der Waals surface area contributed by atoms with E-state index in [-0.39, 0.29) is 0 Å². The molecular formula is C16H19ClN2. The van der Waals surface area contributed by atoms with E-state index < -0.39 is 0 Å². The summed E-state index contributed by atoms with van der Waals surface area (Å²) in [6.45, 7) is 3.91. The molecule has 2 aromatic rings. The number of hydrogen-bond acceptors (Lipinski definition) is 2. The molecule has 0 spiro atoms. The standard InChI is InChI=1S/C16H19ClN2/c1-2-11-19(12-13-7-4-3-5-8-13)16-14(17)9-6-10-15(16)18/h3-10H,2,11-12,18H2,1H3. The molecule has 2 N–H and O–H groups in total. The van der Waals surface area contributed by atoms with Crippen LogP contribution in [0.15, 0.2) is 48.5 Å². The largest absolute Gasteiger partial charge is 0.397 e. The van der Waals surface area contributed by atoms with Gasteiger partial charge in [0, 0.05) is 13.1 Å². The summed E-state index contributed by atoms with van der Waals surface area (Å²) < 4.78 is 0. The molecule has 2 rings (SSSR count). The van der Waals surface area contributed by atoms with Crippen molar-refractivity contribution in [3.63, 3.8) is 0 Å². The van der Waals surface area contributed by atoms with E-state index in [0.717, 1.165) is 30.9 Å². The molecule has 0 saturated carbocycles. The van der Waals surface area contributed by atoms with Crippen LogP contribution in [0.1, 0.15) is 18.9 Å². The summed E-state index contributed by atoms with van der Waals surface area (Å²) in [5, 5.41) is 0.712. The topological polar surface area (TPSA) is 29.3 Å². The number of rotatable bonds is 5. The van der Waals surface area contributed by atoms with E-state index in [2.05, 4.69) is 36.1 Å². The normalized spacial score (nSPS) is 10.4. The van der Waals surface area contributed by atoms with Crippen LogP contribution < -0.4 is 10.6 Å². The zero-order valence-corrected chi connectivity index (χ0v) is 11.9. The smallest absolute Gasteiger partial charge is 0.0792 e. The maximum Gasteiger partial charge on any atom is 0.0792 e. The summed E-state index contributed by atoms with van der Waals surface area (Å²) in [4.78, 5) is 2.24. The third-order valence-electron chi connectivity index (χ3n) is 3.04. The Morgan fingerprint density at radius 1 is 1.05 bits per heavy atom. The predicted octanol–water partition coefficient (Wildman–Crippen LogP) is 4.34. The van der Waals surface area contributed by atoms with Crippen LogP contribution in [-0.2, 0) is 6.54 Å². The number of nitrogens with zero attached hydrogens (tertiary/aromatic N) is 1. The van der Waals surface area contributed by atoms with Crippen molar-refractivity contribution in [2.75, 3.05) is 17.2 Å². The first-order valence-electron chi connectivity index (χ1n) is 6.55. The maximum atomic E-state index is 6.30. The molecule has 0 amide bonds. The third-order valence-corrected chi connectivity index (χ3v) is 3.35. The second kappa shape index (κ2) is 6.48. The second-order valence-corrected chi connectivity index (χ2v) is 4.99. The zero-order chi connectivity index (χ0) is 13.7. The average molecular weight is 275 g/mol. The van der Waals surface area contributed by atoms with Gasteiger partial charge in [-0.25, -0.2) is 0 Å². The maximum absolute atomic E-state index is 6.30. The molecule has 2 aromatic carbocycles. The molecule has 0 unspecified atom stereocenters. The van der Waals surface area contributed by atoms with Crippen LogP contribution in [0.4, 0.5) is 11.4 Å². The Kier molecular flexibility index (Phi) is 4.69. The Hall–Kier alpha value is -1.67. The Balaban J connectivity index is 2.30. The van der Waals surface area contributed by atoms with Gasteiger partial charge in [-0.05, 0) is 24.1 Å². The highest BCUT2D eigenvalue weighted by molar-refractivity contribution is 6.34. The minimum Gasteiger partial charge on any atom is -0.397 e. The van der Waals surface area contributed by atoms with Crippen molar-refractivity contribution < 1.29 is 0 Å². The molecule has 0 fully saturated rings. The highest BCUT2D eigenvalue weighted by Crippen LogP contribution is 2.32. The van der Waals surface area contributed by atoms with Crippen LogP contribution in [0, 0.1) is 0 Å². The molecule has 0 aromatic heterocycles. The molecule has 0 atom stereocenters. The second-order valence-electron chi connectivity index (χ2n) is 4.58. The van der Waals surface area contributed by atoms with E-state index in [0.29, 0.717) is 5.02 Å². The number of nitrogens with two attached hydrogens (primary N) is 1. The number of hydrogen-bond donors (Lipinski definition) is 1. The van der Waals surface area contributed by atoms with Crippen molar-refractivity contribution >= 4 is 23.0 Å². The van der Waals surface area contributed by atoms with E-state index in [1.807, 2.05) is 24.3 Å². The van der Waals surface area contributed by atoms with Crippen LogP contribution in [0.25, 0.3) is 0 Å². The Morgan fingerprint density at radius 3 is 2.42 bits per heavy atom. The van der Waals surface area contributed by atoms with Gasteiger partial charge < -0.3 is 10.6 Å². The Bertz CT molecular complexity index is 505. The molecule has 0 saturated heterocycles. The van der Waals surface area contributed by atoms with E-state index in [9.17, 15) is 0 Å². The first-order chi connectivity index (χ1) is 9.22. The zero-order valence-electron chi connectivity index (χ0n) is 11.1. The molecule has 3 heteroatoms. The van der Waals surface area contributed by atoms with E-state index in [4.69, 9.17) is 17.3 Å². The highest BCUT2D eigenvalue weighted by Gasteiger charge is 2.13. The molecule has 0 aliphatic carbocycles. The summed E-state index contributed by atoms with van der Waals surface area (Å²) in [5.41, 5.74) is 9.01. The molecule has 0 aliphatic heterocycles. The van der Waals surface area contributed by atoms with Gasteiger partial charge in [-0.2, -0.15) is 0 Å². The third kappa shape index (κ3) is 3.42. The number of anilines is 2. The molecule has 2 nitrogen and oxygen atoms in total. The van der Waals surface area contributed by atoms with Gasteiger partial charge in [0.1, 0.15) is 0 Å². The summed E-state index contributed by atoms with van der Waals surface area (Å²) in [5.74, 6) is 0.